The van der Waals surface area contributed by atoms with E-state index in [1.54, 1.807) is 0 Å². The summed E-state index contributed by atoms with van der Waals surface area (Å²) >= 11 is 0. The fourth-order valence-corrected chi connectivity index (χ4v) is 1.02. The van der Waals surface area contributed by atoms with Gasteiger partial charge < -0.3 is 20.1 Å². The Labute approximate surface area is 71.4 Å². The first-order chi connectivity index (χ1) is 5.83. The van der Waals surface area contributed by atoms with Crippen molar-refractivity contribution >= 4 is 6.09 Å². The summed E-state index contributed by atoms with van der Waals surface area (Å²) in [6, 6.07) is 0. The molecule has 0 aromatic heterocycles. The lowest BCUT2D eigenvalue weighted by atomic mass is 10.3. The molecule has 1 rings (SSSR count). The standard InChI is InChI=1S/C7H14N2O3/c1-11-7(10)9-5-6-4-8-2-3-12-6/h6,8H,2-5H2,1H3,(H,9,10). The summed E-state index contributed by atoms with van der Waals surface area (Å²) in [7, 11) is 1.34. The molecule has 1 unspecified atom stereocenters. The first-order valence-corrected chi connectivity index (χ1v) is 3.97. The van der Waals surface area contributed by atoms with E-state index in [4.69, 9.17) is 4.74 Å². The monoisotopic (exact) mass is 174 g/mol. The molecule has 1 aliphatic rings. The molecule has 0 saturated carbocycles. The smallest absolute Gasteiger partial charge is 0.406 e. The average Bonchev–Trinajstić information content (AvgIpc) is 2.16. The minimum atomic E-state index is -0.413. The van der Waals surface area contributed by atoms with E-state index in [0.29, 0.717) is 13.2 Å². The Morgan fingerprint density at radius 2 is 2.67 bits per heavy atom. The van der Waals surface area contributed by atoms with E-state index in [2.05, 4.69) is 15.4 Å². The predicted octanol–water partition coefficient (Wildman–Crippen LogP) is -0.669. The Morgan fingerprint density at radius 1 is 1.83 bits per heavy atom. The van der Waals surface area contributed by atoms with E-state index >= 15 is 0 Å². The van der Waals surface area contributed by atoms with Gasteiger partial charge in [-0.2, -0.15) is 0 Å². The number of morpholine rings is 1. The number of hydrogen-bond acceptors (Lipinski definition) is 4. The number of ether oxygens (including phenoxy) is 2. The quantitative estimate of drug-likeness (QED) is 0.583. The molecule has 0 bridgehead atoms. The van der Waals surface area contributed by atoms with Gasteiger partial charge in [0.15, 0.2) is 0 Å². The van der Waals surface area contributed by atoms with Crippen molar-refractivity contribution in [3.05, 3.63) is 0 Å². The first-order valence-electron chi connectivity index (χ1n) is 3.97. The van der Waals surface area contributed by atoms with Crippen LogP contribution in [0.4, 0.5) is 4.79 Å². The molecule has 0 aromatic carbocycles. The normalized spacial score (nSPS) is 23.2. The number of amides is 1. The van der Waals surface area contributed by atoms with Crippen LogP contribution in [0.5, 0.6) is 0 Å². The van der Waals surface area contributed by atoms with Gasteiger partial charge in [-0.3, -0.25) is 0 Å². The Balaban J connectivity index is 2.09. The highest BCUT2D eigenvalue weighted by Crippen LogP contribution is 1.93. The lowest BCUT2D eigenvalue weighted by Crippen LogP contribution is -2.45. The Morgan fingerprint density at radius 3 is 3.25 bits per heavy atom. The first kappa shape index (κ1) is 9.28. The summed E-state index contributed by atoms with van der Waals surface area (Å²) in [5.74, 6) is 0. The third-order valence-electron chi connectivity index (χ3n) is 1.66. The zero-order chi connectivity index (χ0) is 8.81. The van der Waals surface area contributed by atoms with Gasteiger partial charge in [-0.15, -0.1) is 0 Å². The maximum Gasteiger partial charge on any atom is 0.406 e. The van der Waals surface area contributed by atoms with Crippen molar-refractivity contribution in [3.8, 4) is 0 Å². The lowest BCUT2D eigenvalue weighted by Gasteiger charge is -2.23. The number of rotatable bonds is 2. The number of carbonyl (C=O) groups excluding carboxylic acids is 1. The third-order valence-corrected chi connectivity index (χ3v) is 1.66. The molecule has 0 radical (unpaired) electrons. The van der Waals surface area contributed by atoms with Gasteiger partial charge in [-0.05, 0) is 0 Å². The molecule has 5 nitrogen and oxygen atoms in total. The summed E-state index contributed by atoms with van der Waals surface area (Å²) < 4.78 is 9.76. The zero-order valence-corrected chi connectivity index (χ0v) is 7.13. The van der Waals surface area contributed by atoms with Gasteiger partial charge in [0.25, 0.3) is 0 Å². The van der Waals surface area contributed by atoms with Crippen molar-refractivity contribution in [2.45, 2.75) is 6.10 Å². The van der Waals surface area contributed by atoms with Gasteiger partial charge in [0.1, 0.15) is 0 Å². The molecule has 1 heterocycles. The molecule has 0 spiro atoms. The molecule has 1 fully saturated rings. The van der Waals surface area contributed by atoms with Crippen LogP contribution in [-0.2, 0) is 9.47 Å². The van der Waals surface area contributed by atoms with Crippen molar-refractivity contribution in [1.29, 1.82) is 0 Å². The van der Waals surface area contributed by atoms with Gasteiger partial charge in [-0.25, -0.2) is 4.79 Å². The minimum Gasteiger partial charge on any atom is -0.453 e. The highest BCUT2D eigenvalue weighted by Gasteiger charge is 2.13. The van der Waals surface area contributed by atoms with Crippen molar-refractivity contribution in [3.63, 3.8) is 0 Å². The van der Waals surface area contributed by atoms with Crippen LogP contribution >= 0.6 is 0 Å². The van der Waals surface area contributed by atoms with Crippen molar-refractivity contribution in [2.75, 3.05) is 33.4 Å². The Hall–Kier alpha value is -0.810. The van der Waals surface area contributed by atoms with Gasteiger partial charge in [-0.1, -0.05) is 0 Å². The van der Waals surface area contributed by atoms with Crippen LogP contribution in [0.2, 0.25) is 0 Å². The molecule has 12 heavy (non-hydrogen) atoms. The lowest BCUT2D eigenvalue weighted by molar-refractivity contribution is 0.0290. The van der Waals surface area contributed by atoms with Crippen molar-refractivity contribution in [1.82, 2.24) is 10.6 Å². The molecular formula is C7H14N2O3. The highest BCUT2D eigenvalue weighted by molar-refractivity contribution is 5.66. The number of carbonyl (C=O) groups is 1. The molecule has 2 N–H and O–H groups in total. The second-order valence-corrected chi connectivity index (χ2v) is 2.57. The fraction of sp³-hybridized carbons (Fsp3) is 0.857. The van der Waals surface area contributed by atoms with Gasteiger partial charge in [0, 0.05) is 19.6 Å². The van der Waals surface area contributed by atoms with E-state index in [-0.39, 0.29) is 6.10 Å². The number of methoxy groups -OCH3 is 1. The van der Waals surface area contributed by atoms with Crippen LogP contribution in [0.15, 0.2) is 0 Å². The van der Waals surface area contributed by atoms with Gasteiger partial charge in [0.05, 0.1) is 19.8 Å². The van der Waals surface area contributed by atoms with Crippen LogP contribution in [-0.4, -0.2) is 45.5 Å². The van der Waals surface area contributed by atoms with Crippen LogP contribution in [0.25, 0.3) is 0 Å². The summed E-state index contributed by atoms with van der Waals surface area (Å²) in [5, 5.41) is 5.74. The SMILES string of the molecule is COC(=O)NCC1CNCCO1. The molecule has 1 aliphatic heterocycles. The second-order valence-electron chi connectivity index (χ2n) is 2.57. The van der Waals surface area contributed by atoms with Crippen molar-refractivity contribution in [2.24, 2.45) is 0 Å². The summed E-state index contributed by atoms with van der Waals surface area (Å²) in [6.45, 7) is 2.87. The van der Waals surface area contributed by atoms with Crippen LogP contribution in [0, 0.1) is 0 Å². The van der Waals surface area contributed by atoms with Crippen LogP contribution in [0.3, 0.4) is 0 Å². The predicted molar refractivity (Wildman–Crippen MR) is 43.0 cm³/mol. The number of hydrogen-bond donors (Lipinski definition) is 2. The van der Waals surface area contributed by atoms with E-state index in [1.165, 1.54) is 7.11 Å². The van der Waals surface area contributed by atoms with Gasteiger partial charge in [0.2, 0.25) is 0 Å². The largest absolute Gasteiger partial charge is 0.453 e. The summed E-state index contributed by atoms with van der Waals surface area (Å²) in [6.07, 6.45) is -0.345. The minimum absolute atomic E-state index is 0.0675. The molecule has 1 atom stereocenters. The fourth-order valence-electron chi connectivity index (χ4n) is 1.02. The Bertz CT molecular complexity index is 146. The van der Waals surface area contributed by atoms with E-state index in [0.717, 1.165) is 13.1 Å². The molecule has 70 valence electrons. The van der Waals surface area contributed by atoms with E-state index in [9.17, 15) is 4.79 Å². The average molecular weight is 174 g/mol. The van der Waals surface area contributed by atoms with Crippen LogP contribution < -0.4 is 10.6 Å². The molecule has 1 saturated heterocycles. The van der Waals surface area contributed by atoms with Crippen LogP contribution in [0.1, 0.15) is 0 Å². The maximum absolute atomic E-state index is 10.6. The maximum atomic E-state index is 10.6. The summed E-state index contributed by atoms with van der Waals surface area (Å²) in [4.78, 5) is 10.6. The zero-order valence-electron chi connectivity index (χ0n) is 7.13. The van der Waals surface area contributed by atoms with Crippen molar-refractivity contribution < 1.29 is 14.3 Å². The molecule has 0 aliphatic carbocycles. The molecular weight excluding hydrogens is 160 g/mol. The number of alkyl carbamates (subject to hydrolysis) is 1. The van der Waals surface area contributed by atoms with E-state index in [1.807, 2.05) is 0 Å². The highest BCUT2D eigenvalue weighted by atomic mass is 16.5. The number of nitrogens with one attached hydrogen (secondary N) is 2. The van der Waals surface area contributed by atoms with Gasteiger partial charge >= 0.3 is 6.09 Å². The second kappa shape index (κ2) is 4.95. The topological polar surface area (TPSA) is 59.6 Å². The molecule has 5 heteroatoms. The third kappa shape index (κ3) is 3.06. The Kier molecular flexibility index (Phi) is 3.83. The molecule has 0 aromatic rings. The van der Waals surface area contributed by atoms with E-state index < -0.39 is 6.09 Å². The summed E-state index contributed by atoms with van der Waals surface area (Å²) in [5.41, 5.74) is 0. The molecule has 1 amide bonds.